The lowest BCUT2D eigenvalue weighted by Crippen LogP contribution is -2.03. The Morgan fingerprint density at radius 2 is 1.97 bits per heavy atom. The van der Waals surface area contributed by atoms with Crippen molar-refractivity contribution in [1.82, 2.24) is 10.1 Å². The number of aromatic nitrogens is 2. The summed E-state index contributed by atoms with van der Waals surface area (Å²) in [5, 5.41) is 15.1. The number of aromatic hydroxyl groups is 1. The fraction of sp³-hybridized carbons (Fsp3) is 0.182. The first-order valence-corrected chi connectivity index (χ1v) is 9.60. The number of hydrogen-bond donors (Lipinski definition) is 2. The van der Waals surface area contributed by atoms with E-state index in [1.54, 1.807) is 26.2 Å². The van der Waals surface area contributed by atoms with Gasteiger partial charge in [0.15, 0.2) is 0 Å². The molecule has 7 nitrogen and oxygen atoms in total. The number of fused-ring (bicyclic) bond motifs is 1. The Bertz CT molecular complexity index is 1210. The monoisotopic (exact) mass is 426 g/mol. The Kier molecular flexibility index (Phi) is 5.48. The van der Waals surface area contributed by atoms with Crippen LogP contribution in [0.4, 0.5) is 0 Å². The molecule has 0 saturated carbocycles. The largest absolute Gasteiger partial charge is 0.494 e. The van der Waals surface area contributed by atoms with Crippen molar-refractivity contribution in [1.29, 1.82) is 0 Å². The quantitative estimate of drug-likeness (QED) is 0.327. The maximum absolute atomic E-state index is 12.9. The van der Waals surface area contributed by atoms with Crippen molar-refractivity contribution in [3.63, 3.8) is 0 Å². The van der Waals surface area contributed by atoms with E-state index in [-0.39, 0.29) is 17.2 Å². The second-order valence-electron chi connectivity index (χ2n) is 6.75. The summed E-state index contributed by atoms with van der Waals surface area (Å²) in [6, 6.07) is 12.4. The second-order valence-corrected chi connectivity index (χ2v) is 7.16. The van der Waals surface area contributed by atoms with E-state index in [0.29, 0.717) is 40.6 Å². The average molecular weight is 427 g/mol. The zero-order chi connectivity index (χ0) is 21.3. The highest BCUT2D eigenvalue weighted by Gasteiger charge is 2.24. The number of aryl methyl sites for hydroxylation is 1. The minimum absolute atomic E-state index is 0.0535. The topological polar surface area (TPSA) is 97.6 Å². The van der Waals surface area contributed by atoms with Crippen LogP contribution in [-0.2, 0) is 4.74 Å². The molecule has 2 N–H and O–H groups in total. The lowest BCUT2D eigenvalue weighted by Gasteiger charge is -2.09. The van der Waals surface area contributed by atoms with Crippen molar-refractivity contribution < 1.29 is 23.9 Å². The maximum atomic E-state index is 12.9. The van der Waals surface area contributed by atoms with Crippen LogP contribution in [0.2, 0.25) is 5.02 Å². The van der Waals surface area contributed by atoms with E-state index in [2.05, 4.69) is 10.1 Å². The van der Waals surface area contributed by atoms with Crippen LogP contribution in [-0.4, -0.2) is 41.4 Å². The fourth-order valence-electron chi connectivity index (χ4n) is 3.22. The number of benzene rings is 2. The Hall–Kier alpha value is -3.29. The van der Waals surface area contributed by atoms with Crippen LogP contribution >= 0.6 is 11.6 Å². The van der Waals surface area contributed by atoms with Gasteiger partial charge in [0.1, 0.15) is 12.4 Å². The highest BCUT2D eigenvalue weighted by Crippen LogP contribution is 2.37. The first-order valence-electron chi connectivity index (χ1n) is 9.22. The number of methoxy groups -OCH3 is 1. The van der Waals surface area contributed by atoms with Gasteiger partial charge in [0.2, 0.25) is 17.4 Å². The molecule has 2 aromatic carbocycles. The van der Waals surface area contributed by atoms with E-state index in [4.69, 9.17) is 25.6 Å². The number of ketones is 1. The molecule has 0 aliphatic rings. The Morgan fingerprint density at radius 3 is 2.63 bits per heavy atom. The summed E-state index contributed by atoms with van der Waals surface area (Å²) in [6.07, 6.45) is 0. The third-order valence-electron chi connectivity index (χ3n) is 4.67. The molecule has 0 aliphatic heterocycles. The fourth-order valence-corrected chi connectivity index (χ4v) is 3.49. The highest BCUT2D eigenvalue weighted by atomic mass is 35.5. The summed E-state index contributed by atoms with van der Waals surface area (Å²) in [4.78, 5) is 15.7. The zero-order valence-corrected chi connectivity index (χ0v) is 17.1. The van der Waals surface area contributed by atoms with Crippen LogP contribution in [0.1, 0.15) is 21.8 Å². The lowest BCUT2D eigenvalue weighted by atomic mass is 10.0. The summed E-state index contributed by atoms with van der Waals surface area (Å²) >= 11 is 6.48. The summed E-state index contributed by atoms with van der Waals surface area (Å²) in [6.45, 7) is 2.68. The molecule has 30 heavy (non-hydrogen) atoms. The molecule has 0 atom stereocenters. The first kappa shape index (κ1) is 20.0. The molecule has 0 saturated heterocycles. The van der Waals surface area contributed by atoms with E-state index >= 15 is 0 Å². The van der Waals surface area contributed by atoms with E-state index in [1.165, 1.54) is 6.07 Å². The van der Waals surface area contributed by atoms with Crippen molar-refractivity contribution in [3.8, 4) is 22.8 Å². The summed E-state index contributed by atoms with van der Waals surface area (Å²) in [5.41, 5.74) is 2.79. The number of aromatic amines is 1. The molecule has 8 heteroatoms. The third kappa shape index (κ3) is 3.77. The van der Waals surface area contributed by atoms with Crippen LogP contribution in [0.15, 0.2) is 47.0 Å². The van der Waals surface area contributed by atoms with Crippen molar-refractivity contribution in [2.75, 3.05) is 20.3 Å². The Balaban J connectivity index is 1.73. The number of halogens is 1. The molecular weight excluding hydrogens is 408 g/mol. The Labute approximate surface area is 177 Å². The van der Waals surface area contributed by atoms with E-state index in [0.717, 1.165) is 11.1 Å². The normalized spacial score (nSPS) is 11.2. The number of nitrogens with one attached hydrogen (secondary N) is 1. The van der Waals surface area contributed by atoms with Gasteiger partial charge < -0.3 is 24.1 Å². The van der Waals surface area contributed by atoms with Crippen LogP contribution in [0, 0.1) is 6.92 Å². The van der Waals surface area contributed by atoms with Crippen molar-refractivity contribution in [3.05, 3.63) is 64.5 Å². The van der Waals surface area contributed by atoms with Gasteiger partial charge in [0.05, 0.1) is 28.4 Å². The molecule has 154 valence electrons. The van der Waals surface area contributed by atoms with Gasteiger partial charge in [0, 0.05) is 24.1 Å². The molecule has 2 heterocycles. The van der Waals surface area contributed by atoms with E-state index in [1.807, 2.05) is 24.3 Å². The number of carbonyl (C=O) groups excluding carboxylic acids is 1. The predicted molar refractivity (Wildman–Crippen MR) is 112 cm³/mol. The molecule has 0 bridgehead atoms. The van der Waals surface area contributed by atoms with Crippen LogP contribution in [0.3, 0.4) is 0 Å². The molecule has 0 spiro atoms. The van der Waals surface area contributed by atoms with Gasteiger partial charge in [0.25, 0.3) is 0 Å². The summed E-state index contributed by atoms with van der Waals surface area (Å²) < 4.78 is 15.6. The number of carbonyl (C=O) groups is 1. The molecule has 4 aromatic rings. The highest BCUT2D eigenvalue weighted by molar-refractivity contribution is 6.34. The van der Waals surface area contributed by atoms with Crippen molar-refractivity contribution in [2.45, 2.75) is 6.92 Å². The van der Waals surface area contributed by atoms with Crippen LogP contribution in [0.5, 0.6) is 11.6 Å². The SMILES string of the molecule is COCCOc1ccc(-c2cc3c(C(=O)c4cc(C)no4)c(O)[nH]c3cc2Cl)cc1. The van der Waals surface area contributed by atoms with Gasteiger partial charge in [-0.25, -0.2) is 0 Å². The number of H-pyrrole nitrogens is 1. The molecule has 0 fully saturated rings. The minimum atomic E-state index is -0.463. The van der Waals surface area contributed by atoms with Gasteiger partial charge >= 0.3 is 0 Å². The molecule has 0 radical (unpaired) electrons. The van der Waals surface area contributed by atoms with Crippen LogP contribution < -0.4 is 4.74 Å². The van der Waals surface area contributed by atoms with Gasteiger partial charge in [-0.15, -0.1) is 0 Å². The number of hydrogen-bond acceptors (Lipinski definition) is 6. The molecule has 0 unspecified atom stereocenters. The molecule has 0 amide bonds. The maximum Gasteiger partial charge on any atom is 0.237 e. The zero-order valence-electron chi connectivity index (χ0n) is 16.4. The smallest absolute Gasteiger partial charge is 0.237 e. The van der Waals surface area contributed by atoms with Crippen molar-refractivity contribution >= 4 is 28.3 Å². The van der Waals surface area contributed by atoms with E-state index in [9.17, 15) is 9.90 Å². The number of rotatable bonds is 7. The van der Waals surface area contributed by atoms with Gasteiger partial charge in [-0.3, -0.25) is 4.79 Å². The van der Waals surface area contributed by atoms with Gasteiger partial charge in [-0.2, -0.15) is 0 Å². The Morgan fingerprint density at radius 1 is 1.20 bits per heavy atom. The molecule has 4 rings (SSSR count). The third-order valence-corrected chi connectivity index (χ3v) is 4.98. The molecule has 2 aromatic heterocycles. The van der Waals surface area contributed by atoms with Gasteiger partial charge in [-0.1, -0.05) is 28.9 Å². The standard InChI is InChI=1S/C22H19ClN2O5/c1-12-9-19(30-25-12)21(26)20-16-10-15(17(23)11-18(16)24-22(20)27)13-3-5-14(6-4-13)29-8-7-28-2/h3-6,9-11,24,27H,7-8H2,1-2H3. The number of nitrogens with zero attached hydrogens (tertiary/aromatic N) is 1. The average Bonchev–Trinajstić information content (AvgIpc) is 3.30. The molecule has 0 aliphatic carbocycles. The minimum Gasteiger partial charge on any atom is -0.494 e. The molecular formula is C22H19ClN2O5. The van der Waals surface area contributed by atoms with E-state index < -0.39 is 5.78 Å². The van der Waals surface area contributed by atoms with Gasteiger partial charge in [-0.05, 0) is 36.8 Å². The predicted octanol–water partition coefficient (Wildman–Crippen LogP) is 4.75. The summed E-state index contributed by atoms with van der Waals surface area (Å²) in [5.74, 6) is 0.0512. The number of ether oxygens (including phenoxy) is 2. The summed E-state index contributed by atoms with van der Waals surface area (Å²) in [7, 11) is 1.62. The lowest BCUT2D eigenvalue weighted by molar-refractivity contribution is 0.0999. The van der Waals surface area contributed by atoms with Crippen molar-refractivity contribution in [2.24, 2.45) is 0 Å². The van der Waals surface area contributed by atoms with Crippen LogP contribution in [0.25, 0.3) is 22.0 Å². The first-order chi connectivity index (χ1) is 14.5. The second kappa shape index (κ2) is 8.22.